The fraction of sp³-hybridized carbons (Fsp3) is 0.571. The average Bonchev–Trinajstić information content (AvgIpc) is 2.93. The van der Waals surface area contributed by atoms with Crippen LogP contribution < -0.4 is 10.1 Å². The maximum atomic E-state index is 12.7. The summed E-state index contributed by atoms with van der Waals surface area (Å²) < 4.78 is 54.0. The lowest BCUT2D eigenvalue weighted by Gasteiger charge is -2.17. The van der Waals surface area contributed by atoms with Gasteiger partial charge in [-0.25, -0.2) is 18.6 Å². The summed E-state index contributed by atoms with van der Waals surface area (Å²) in [6, 6.07) is 2.36. The summed E-state index contributed by atoms with van der Waals surface area (Å²) in [5.41, 5.74) is 0.363. The van der Waals surface area contributed by atoms with Crippen LogP contribution in [0.25, 0.3) is 0 Å². The van der Waals surface area contributed by atoms with Crippen molar-refractivity contribution in [2.45, 2.75) is 25.7 Å². The third kappa shape index (κ3) is 4.70. The highest BCUT2D eigenvalue weighted by atomic mass is 19.3. The van der Waals surface area contributed by atoms with E-state index in [1.165, 1.54) is 18.3 Å². The molecule has 9 heteroatoms. The van der Waals surface area contributed by atoms with E-state index in [1.54, 1.807) is 4.90 Å². The molecule has 2 heterocycles. The van der Waals surface area contributed by atoms with Crippen molar-refractivity contribution in [1.82, 2.24) is 9.88 Å². The molecule has 2 rings (SSSR count). The van der Waals surface area contributed by atoms with Crippen LogP contribution in [0.2, 0.25) is 0 Å². The quantitative estimate of drug-likeness (QED) is 0.841. The number of urea groups is 1. The Labute approximate surface area is 130 Å². The molecule has 0 spiro atoms. The van der Waals surface area contributed by atoms with E-state index >= 15 is 0 Å². The maximum absolute atomic E-state index is 12.7. The highest BCUT2D eigenvalue weighted by Gasteiger charge is 2.41. The Hall–Kier alpha value is -2.06. The molecule has 5 nitrogen and oxygen atoms in total. The van der Waals surface area contributed by atoms with Crippen molar-refractivity contribution in [2.75, 3.05) is 25.0 Å². The van der Waals surface area contributed by atoms with Gasteiger partial charge in [0, 0.05) is 19.2 Å². The van der Waals surface area contributed by atoms with Gasteiger partial charge in [-0.05, 0) is 18.4 Å². The standard InChI is InChI=1S/C14H17F4N3O2/c1-9-4-5-21(7-9)13(22)20-10-2-3-11(19-6-10)23-8-14(17,18)12(15)16/h2-3,6,9,12H,4-5,7-8H2,1H3,(H,20,22). The Morgan fingerprint density at radius 1 is 1.52 bits per heavy atom. The monoisotopic (exact) mass is 335 g/mol. The van der Waals surface area contributed by atoms with Crippen molar-refractivity contribution in [3.63, 3.8) is 0 Å². The summed E-state index contributed by atoms with van der Waals surface area (Å²) in [5.74, 6) is -4.01. The van der Waals surface area contributed by atoms with Gasteiger partial charge >= 0.3 is 18.4 Å². The van der Waals surface area contributed by atoms with Crippen molar-refractivity contribution >= 4 is 11.7 Å². The number of rotatable bonds is 5. The molecule has 1 fully saturated rings. The van der Waals surface area contributed by atoms with Crippen LogP contribution >= 0.6 is 0 Å². The maximum Gasteiger partial charge on any atom is 0.340 e. The Bertz CT molecular complexity index is 539. The van der Waals surface area contributed by atoms with Gasteiger partial charge in [-0.2, -0.15) is 8.78 Å². The summed E-state index contributed by atoms with van der Waals surface area (Å²) in [4.78, 5) is 17.3. The first-order chi connectivity index (χ1) is 10.8. The minimum absolute atomic E-state index is 0.224. The normalized spacial score (nSPS) is 18.3. The number of carbonyl (C=O) groups is 1. The molecule has 1 saturated heterocycles. The van der Waals surface area contributed by atoms with Crippen LogP contribution in [0.15, 0.2) is 18.3 Å². The zero-order valence-electron chi connectivity index (χ0n) is 12.4. The third-order valence-corrected chi connectivity index (χ3v) is 3.43. The Kier molecular flexibility index (Phi) is 5.27. The number of hydrogen-bond donors (Lipinski definition) is 1. The number of nitrogens with zero attached hydrogens (tertiary/aromatic N) is 2. The van der Waals surface area contributed by atoms with Crippen LogP contribution in [0, 0.1) is 5.92 Å². The number of pyridine rings is 1. The SMILES string of the molecule is CC1CCN(C(=O)Nc2ccc(OCC(F)(F)C(F)F)nc2)C1. The molecule has 1 N–H and O–H groups in total. The zero-order valence-corrected chi connectivity index (χ0v) is 12.4. The number of hydrogen-bond acceptors (Lipinski definition) is 3. The lowest BCUT2D eigenvalue weighted by atomic mass is 10.2. The second kappa shape index (κ2) is 7.01. The van der Waals surface area contributed by atoms with E-state index in [1.807, 2.05) is 0 Å². The highest BCUT2D eigenvalue weighted by molar-refractivity contribution is 5.89. The highest BCUT2D eigenvalue weighted by Crippen LogP contribution is 2.24. The van der Waals surface area contributed by atoms with E-state index in [9.17, 15) is 22.4 Å². The van der Waals surface area contributed by atoms with E-state index < -0.39 is 19.0 Å². The number of likely N-dealkylation sites (tertiary alicyclic amines) is 1. The van der Waals surface area contributed by atoms with Gasteiger partial charge < -0.3 is 15.0 Å². The first-order valence-electron chi connectivity index (χ1n) is 7.08. The van der Waals surface area contributed by atoms with Gasteiger partial charge in [-0.15, -0.1) is 0 Å². The number of anilines is 1. The van der Waals surface area contributed by atoms with E-state index in [4.69, 9.17) is 0 Å². The summed E-state index contributed by atoms with van der Waals surface area (Å²) >= 11 is 0. The summed E-state index contributed by atoms with van der Waals surface area (Å²) in [6.07, 6.45) is -1.65. The summed E-state index contributed by atoms with van der Waals surface area (Å²) in [5, 5.41) is 2.62. The summed E-state index contributed by atoms with van der Waals surface area (Å²) in [7, 11) is 0. The first-order valence-corrected chi connectivity index (χ1v) is 7.08. The number of amides is 2. The lowest BCUT2D eigenvalue weighted by Crippen LogP contribution is -2.34. The molecule has 2 amide bonds. The molecule has 0 aliphatic carbocycles. The van der Waals surface area contributed by atoms with Crippen molar-refractivity contribution in [2.24, 2.45) is 5.92 Å². The third-order valence-electron chi connectivity index (χ3n) is 3.43. The van der Waals surface area contributed by atoms with Gasteiger partial charge in [-0.1, -0.05) is 6.92 Å². The molecule has 1 aliphatic rings. The second-order valence-electron chi connectivity index (χ2n) is 5.51. The topological polar surface area (TPSA) is 54.5 Å². The van der Waals surface area contributed by atoms with Crippen LogP contribution in [0.5, 0.6) is 5.88 Å². The lowest BCUT2D eigenvalue weighted by molar-refractivity contribution is -0.148. The number of ether oxygens (including phenoxy) is 1. The number of halogens is 4. The number of alkyl halides is 4. The molecular weight excluding hydrogens is 318 g/mol. The molecule has 0 bridgehead atoms. The predicted molar refractivity (Wildman–Crippen MR) is 75.1 cm³/mol. The fourth-order valence-electron chi connectivity index (χ4n) is 2.09. The zero-order chi connectivity index (χ0) is 17.0. The van der Waals surface area contributed by atoms with Gasteiger partial charge in [0.15, 0.2) is 6.61 Å². The van der Waals surface area contributed by atoms with E-state index in [0.717, 1.165) is 6.42 Å². The van der Waals surface area contributed by atoms with Gasteiger partial charge in [0.05, 0.1) is 11.9 Å². The molecular formula is C14H17F4N3O2. The van der Waals surface area contributed by atoms with Gasteiger partial charge in [0.1, 0.15) is 0 Å². The van der Waals surface area contributed by atoms with Crippen LogP contribution in [0.3, 0.4) is 0 Å². The smallest absolute Gasteiger partial charge is 0.340 e. The van der Waals surface area contributed by atoms with E-state index in [-0.39, 0.29) is 11.9 Å². The molecule has 0 aromatic carbocycles. The molecule has 1 unspecified atom stereocenters. The number of aromatic nitrogens is 1. The predicted octanol–water partition coefficient (Wildman–Crippen LogP) is 3.23. The molecule has 0 radical (unpaired) electrons. The van der Waals surface area contributed by atoms with Gasteiger partial charge in [0.25, 0.3) is 0 Å². The number of nitrogens with one attached hydrogen (secondary N) is 1. The van der Waals surface area contributed by atoms with E-state index in [0.29, 0.717) is 24.7 Å². The van der Waals surface area contributed by atoms with E-state index in [2.05, 4.69) is 22.0 Å². The van der Waals surface area contributed by atoms with Crippen molar-refractivity contribution in [3.8, 4) is 5.88 Å². The molecule has 23 heavy (non-hydrogen) atoms. The Morgan fingerprint density at radius 2 is 2.26 bits per heavy atom. The van der Waals surface area contributed by atoms with Crippen molar-refractivity contribution in [3.05, 3.63) is 18.3 Å². The van der Waals surface area contributed by atoms with Crippen LogP contribution in [-0.2, 0) is 0 Å². The van der Waals surface area contributed by atoms with Crippen molar-refractivity contribution < 1.29 is 27.1 Å². The average molecular weight is 335 g/mol. The largest absolute Gasteiger partial charge is 0.471 e. The van der Waals surface area contributed by atoms with Gasteiger partial charge in [-0.3, -0.25) is 0 Å². The molecule has 128 valence electrons. The molecule has 1 aliphatic heterocycles. The van der Waals surface area contributed by atoms with Crippen molar-refractivity contribution in [1.29, 1.82) is 0 Å². The molecule has 1 aromatic heterocycles. The molecule has 0 saturated carbocycles. The van der Waals surface area contributed by atoms with Crippen LogP contribution in [-0.4, -0.2) is 48.0 Å². The van der Waals surface area contributed by atoms with Crippen LogP contribution in [0.4, 0.5) is 28.0 Å². The minimum Gasteiger partial charge on any atom is -0.471 e. The Morgan fingerprint density at radius 3 is 2.78 bits per heavy atom. The molecule has 1 aromatic rings. The summed E-state index contributed by atoms with van der Waals surface area (Å²) in [6.45, 7) is 1.93. The second-order valence-corrected chi connectivity index (χ2v) is 5.51. The Balaban J connectivity index is 1.86. The first kappa shape index (κ1) is 17.3. The number of carbonyl (C=O) groups excluding carboxylic acids is 1. The van der Waals surface area contributed by atoms with Crippen LogP contribution in [0.1, 0.15) is 13.3 Å². The minimum atomic E-state index is -4.24. The fourth-order valence-corrected chi connectivity index (χ4v) is 2.09. The molecule has 1 atom stereocenters. The van der Waals surface area contributed by atoms with Gasteiger partial charge in [0.2, 0.25) is 5.88 Å².